The van der Waals surface area contributed by atoms with E-state index in [4.69, 9.17) is 11.6 Å². The molecule has 0 saturated carbocycles. The lowest BCUT2D eigenvalue weighted by Crippen LogP contribution is -2.28. The zero-order chi connectivity index (χ0) is 13.1. The van der Waals surface area contributed by atoms with Crippen molar-refractivity contribution in [2.75, 3.05) is 13.6 Å². The highest BCUT2D eigenvalue weighted by Gasteiger charge is 2.16. The van der Waals surface area contributed by atoms with Crippen LogP contribution in [0.2, 0.25) is 0 Å². The van der Waals surface area contributed by atoms with E-state index in [1.54, 1.807) is 16.2 Å². The maximum Gasteiger partial charge on any atom is 0.255 e. The Labute approximate surface area is 116 Å². The molecule has 4 heteroatoms. The number of halogens is 1. The van der Waals surface area contributed by atoms with Crippen molar-refractivity contribution in [2.24, 2.45) is 0 Å². The molecule has 1 unspecified atom stereocenters. The molecule has 18 heavy (non-hydrogen) atoms. The largest absolute Gasteiger partial charge is 0.342 e. The molecule has 0 aliphatic rings. The van der Waals surface area contributed by atoms with Gasteiger partial charge in [-0.25, -0.2) is 0 Å². The molecule has 2 aromatic rings. The summed E-state index contributed by atoms with van der Waals surface area (Å²) >= 11 is 7.52. The predicted octanol–water partition coefficient (Wildman–Crippen LogP) is 3.99. The van der Waals surface area contributed by atoms with Gasteiger partial charge in [-0.05, 0) is 19.4 Å². The topological polar surface area (TPSA) is 20.3 Å². The number of benzene rings is 1. The molecule has 1 atom stereocenters. The lowest BCUT2D eigenvalue weighted by Gasteiger charge is -2.17. The highest BCUT2D eigenvalue weighted by Crippen LogP contribution is 2.26. The van der Waals surface area contributed by atoms with Crippen molar-refractivity contribution in [2.45, 2.75) is 18.7 Å². The van der Waals surface area contributed by atoms with Gasteiger partial charge in [0.15, 0.2) is 0 Å². The number of hydrogen-bond acceptors (Lipinski definition) is 2. The van der Waals surface area contributed by atoms with Crippen LogP contribution in [0.15, 0.2) is 29.6 Å². The minimum Gasteiger partial charge on any atom is -0.342 e. The van der Waals surface area contributed by atoms with Gasteiger partial charge >= 0.3 is 0 Å². The number of alkyl halides is 1. The van der Waals surface area contributed by atoms with Crippen LogP contribution in [0.4, 0.5) is 0 Å². The SMILES string of the molecule is CC(Cl)CCN(C)C(=O)c1csc2ccccc12. The third kappa shape index (κ3) is 2.85. The summed E-state index contributed by atoms with van der Waals surface area (Å²) in [6.45, 7) is 2.63. The smallest absolute Gasteiger partial charge is 0.255 e. The number of fused-ring (bicyclic) bond motifs is 1. The number of amides is 1. The number of hydrogen-bond donors (Lipinski definition) is 0. The van der Waals surface area contributed by atoms with Gasteiger partial charge in [-0.1, -0.05) is 18.2 Å². The Morgan fingerprint density at radius 1 is 1.44 bits per heavy atom. The van der Waals surface area contributed by atoms with E-state index in [-0.39, 0.29) is 11.3 Å². The number of nitrogens with zero attached hydrogens (tertiary/aromatic N) is 1. The quantitative estimate of drug-likeness (QED) is 0.776. The van der Waals surface area contributed by atoms with E-state index >= 15 is 0 Å². The first kappa shape index (κ1) is 13.4. The first-order valence-corrected chi connectivity index (χ1v) is 7.27. The lowest BCUT2D eigenvalue weighted by atomic mass is 10.1. The standard InChI is InChI=1S/C14H16ClNOS/c1-10(15)7-8-16(2)14(17)12-9-18-13-6-4-3-5-11(12)13/h3-6,9-10H,7-8H2,1-2H3. The summed E-state index contributed by atoms with van der Waals surface area (Å²) in [5.74, 6) is 0.0739. The van der Waals surface area contributed by atoms with Gasteiger partial charge in [0.1, 0.15) is 0 Å². The minimum absolute atomic E-state index is 0.0739. The molecule has 1 aromatic heterocycles. The Hall–Kier alpha value is -1.06. The lowest BCUT2D eigenvalue weighted by molar-refractivity contribution is 0.0796. The molecule has 1 aromatic carbocycles. The van der Waals surface area contributed by atoms with E-state index in [1.807, 2.05) is 43.6 Å². The molecule has 0 bridgehead atoms. The van der Waals surface area contributed by atoms with Gasteiger partial charge in [0.2, 0.25) is 0 Å². The average molecular weight is 282 g/mol. The van der Waals surface area contributed by atoms with Crippen LogP contribution >= 0.6 is 22.9 Å². The van der Waals surface area contributed by atoms with Crippen LogP contribution in [0.5, 0.6) is 0 Å². The summed E-state index contributed by atoms with van der Waals surface area (Å²) in [6, 6.07) is 7.99. The molecule has 0 fully saturated rings. The molecule has 0 N–H and O–H groups in total. The molecular weight excluding hydrogens is 266 g/mol. The van der Waals surface area contributed by atoms with Crippen LogP contribution in [0.25, 0.3) is 10.1 Å². The first-order valence-electron chi connectivity index (χ1n) is 5.95. The Morgan fingerprint density at radius 2 is 2.17 bits per heavy atom. The predicted molar refractivity (Wildman–Crippen MR) is 78.7 cm³/mol. The average Bonchev–Trinajstić information content (AvgIpc) is 2.78. The van der Waals surface area contributed by atoms with E-state index in [9.17, 15) is 4.79 Å². The Morgan fingerprint density at radius 3 is 2.89 bits per heavy atom. The highest BCUT2D eigenvalue weighted by molar-refractivity contribution is 7.17. The number of thiophene rings is 1. The van der Waals surface area contributed by atoms with Gasteiger partial charge in [-0.3, -0.25) is 4.79 Å². The van der Waals surface area contributed by atoms with E-state index in [0.717, 1.165) is 22.1 Å². The van der Waals surface area contributed by atoms with Crippen molar-refractivity contribution < 1.29 is 4.79 Å². The molecule has 0 radical (unpaired) electrons. The molecule has 2 rings (SSSR count). The molecule has 0 spiro atoms. The van der Waals surface area contributed by atoms with Gasteiger partial charge in [0.05, 0.1) is 5.56 Å². The van der Waals surface area contributed by atoms with Crippen molar-refractivity contribution in [1.82, 2.24) is 4.90 Å². The number of rotatable bonds is 4. The maximum absolute atomic E-state index is 12.3. The molecule has 1 amide bonds. The maximum atomic E-state index is 12.3. The second-order valence-electron chi connectivity index (χ2n) is 4.44. The fourth-order valence-corrected chi connectivity index (χ4v) is 2.85. The van der Waals surface area contributed by atoms with Crippen molar-refractivity contribution in [3.05, 3.63) is 35.2 Å². The summed E-state index contributed by atoms with van der Waals surface area (Å²) in [5.41, 5.74) is 0.792. The normalized spacial score (nSPS) is 12.6. The summed E-state index contributed by atoms with van der Waals surface area (Å²) in [6.07, 6.45) is 0.811. The first-order chi connectivity index (χ1) is 8.59. The molecule has 0 aliphatic carbocycles. The summed E-state index contributed by atoms with van der Waals surface area (Å²) in [5, 5.41) is 3.07. The second kappa shape index (κ2) is 5.72. The van der Waals surface area contributed by atoms with E-state index in [2.05, 4.69) is 0 Å². The monoisotopic (exact) mass is 281 g/mol. The summed E-state index contributed by atoms with van der Waals surface area (Å²) in [7, 11) is 1.83. The minimum atomic E-state index is 0.0739. The summed E-state index contributed by atoms with van der Waals surface area (Å²) in [4.78, 5) is 14.1. The van der Waals surface area contributed by atoms with Crippen LogP contribution in [0, 0.1) is 0 Å². The zero-order valence-electron chi connectivity index (χ0n) is 10.5. The molecule has 2 nitrogen and oxygen atoms in total. The molecule has 0 aliphatic heterocycles. The van der Waals surface area contributed by atoms with Crippen molar-refractivity contribution in [3.8, 4) is 0 Å². The summed E-state index contributed by atoms with van der Waals surface area (Å²) < 4.78 is 1.15. The Bertz CT molecular complexity index is 549. The van der Waals surface area contributed by atoms with Gasteiger partial charge in [-0.2, -0.15) is 0 Å². The van der Waals surface area contributed by atoms with Crippen LogP contribution in [-0.4, -0.2) is 29.8 Å². The van der Waals surface area contributed by atoms with Gasteiger partial charge in [0, 0.05) is 34.4 Å². The van der Waals surface area contributed by atoms with Crippen LogP contribution in [0.1, 0.15) is 23.7 Å². The Balaban J connectivity index is 2.18. The fourth-order valence-electron chi connectivity index (χ4n) is 1.82. The molecule has 0 saturated heterocycles. The molecular formula is C14H16ClNOS. The highest BCUT2D eigenvalue weighted by atomic mass is 35.5. The molecule has 96 valence electrons. The van der Waals surface area contributed by atoms with Crippen molar-refractivity contribution >= 4 is 38.9 Å². The molecule has 1 heterocycles. The van der Waals surface area contributed by atoms with Gasteiger partial charge in [-0.15, -0.1) is 22.9 Å². The number of carbonyl (C=O) groups excluding carboxylic acids is 1. The van der Waals surface area contributed by atoms with Crippen LogP contribution in [0.3, 0.4) is 0 Å². The van der Waals surface area contributed by atoms with Gasteiger partial charge in [0.25, 0.3) is 5.91 Å². The number of carbonyl (C=O) groups is 1. The van der Waals surface area contributed by atoms with Crippen molar-refractivity contribution in [1.29, 1.82) is 0 Å². The van der Waals surface area contributed by atoms with Crippen LogP contribution < -0.4 is 0 Å². The third-order valence-electron chi connectivity index (χ3n) is 2.92. The van der Waals surface area contributed by atoms with E-state index in [0.29, 0.717) is 6.54 Å². The van der Waals surface area contributed by atoms with E-state index < -0.39 is 0 Å². The zero-order valence-corrected chi connectivity index (χ0v) is 12.1. The third-order valence-corrected chi connectivity index (χ3v) is 4.10. The fraction of sp³-hybridized carbons (Fsp3) is 0.357. The van der Waals surface area contributed by atoms with Crippen LogP contribution in [-0.2, 0) is 0 Å². The van der Waals surface area contributed by atoms with E-state index in [1.165, 1.54) is 0 Å². The van der Waals surface area contributed by atoms with Crippen molar-refractivity contribution in [3.63, 3.8) is 0 Å². The van der Waals surface area contributed by atoms with Gasteiger partial charge < -0.3 is 4.90 Å². The Kier molecular flexibility index (Phi) is 4.25. The second-order valence-corrected chi connectivity index (χ2v) is 6.10.